The summed E-state index contributed by atoms with van der Waals surface area (Å²) >= 11 is 0. The minimum absolute atomic E-state index is 0.163. The summed E-state index contributed by atoms with van der Waals surface area (Å²) in [4.78, 5) is 4.01. The van der Waals surface area contributed by atoms with Crippen molar-refractivity contribution in [2.24, 2.45) is 5.73 Å². The van der Waals surface area contributed by atoms with Crippen LogP contribution >= 0.6 is 0 Å². The van der Waals surface area contributed by atoms with E-state index in [1.165, 1.54) is 0 Å². The van der Waals surface area contributed by atoms with Crippen LogP contribution in [-0.2, 0) is 6.42 Å². The fraction of sp³-hybridized carbons (Fsp3) is 0.214. The van der Waals surface area contributed by atoms with Crippen molar-refractivity contribution >= 4 is 0 Å². The van der Waals surface area contributed by atoms with Crippen LogP contribution in [0.4, 0.5) is 8.78 Å². The third-order valence-corrected chi connectivity index (χ3v) is 2.95. The Morgan fingerprint density at radius 3 is 2.72 bits per heavy atom. The molecule has 0 saturated heterocycles. The van der Waals surface area contributed by atoms with Crippen molar-refractivity contribution in [3.63, 3.8) is 0 Å². The van der Waals surface area contributed by atoms with E-state index in [0.717, 1.165) is 35.7 Å². The monoisotopic (exact) mass is 248 g/mol. The van der Waals surface area contributed by atoms with Crippen LogP contribution in [0.3, 0.4) is 0 Å². The molecule has 2 rings (SSSR count). The third-order valence-electron chi connectivity index (χ3n) is 2.95. The second-order valence-electron chi connectivity index (χ2n) is 4.07. The normalized spacial score (nSPS) is 12.4. The Morgan fingerprint density at radius 2 is 2.00 bits per heavy atom. The highest BCUT2D eigenvalue weighted by atomic mass is 19.1. The summed E-state index contributed by atoms with van der Waals surface area (Å²) in [6.07, 6.45) is 4.05. The van der Waals surface area contributed by atoms with Crippen molar-refractivity contribution < 1.29 is 8.78 Å². The number of nitrogens with two attached hydrogens (primary N) is 1. The summed E-state index contributed by atoms with van der Waals surface area (Å²) in [7, 11) is 0. The van der Waals surface area contributed by atoms with Gasteiger partial charge in [0.1, 0.15) is 11.6 Å². The summed E-state index contributed by atoms with van der Waals surface area (Å²) < 4.78 is 26.9. The molecule has 1 unspecified atom stereocenters. The van der Waals surface area contributed by atoms with Crippen LogP contribution in [-0.4, -0.2) is 4.98 Å². The van der Waals surface area contributed by atoms with E-state index in [4.69, 9.17) is 5.73 Å². The first-order chi connectivity index (χ1) is 8.63. The minimum Gasteiger partial charge on any atom is -0.320 e. The second kappa shape index (κ2) is 5.23. The first-order valence-electron chi connectivity index (χ1n) is 5.76. The van der Waals surface area contributed by atoms with Gasteiger partial charge in [0.15, 0.2) is 0 Å². The molecule has 2 N–H and O–H groups in total. The van der Waals surface area contributed by atoms with Gasteiger partial charge in [-0.15, -0.1) is 0 Å². The van der Waals surface area contributed by atoms with E-state index in [9.17, 15) is 8.78 Å². The molecule has 94 valence electrons. The number of halogens is 2. The van der Waals surface area contributed by atoms with Crippen LogP contribution in [0, 0.1) is 11.6 Å². The standard InChI is InChI=1S/C14H14F2N2/c1-2-9-8-18-6-5-11(9)14(17)12-7-10(15)3-4-13(12)16/h3-8,14H,2,17H2,1H3. The molecule has 18 heavy (non-hydrogen) atoms. The first kappa shape index (κ1) is 12.6. The van der Waals surface area contributed by atoms with E-state index in [0.29, 0.717) is 0 Å². The van der Waals surface area contributed by atoms with E-state index < -0.39 is 17.7 Å². The van der Waals surface area contributed by atoms with Gasteiger partial charge in [0.2, 0.25) is 0 Å². The zero-order chi connectivity index (χ0) is 13.1. The van der Waals surface area contributed by atoms with Gasteiger partial charge in [-0.1, -0.05) is 6.92 Å². The highest BCUT2D eigenvalue weighted by Crippen LogP contribution is 2.25. The van der Waals surface area contributed by atoms with Crippen LogP contribution in [0.25, 0.3) is 0 Å². The topological polar surface area (TPSA) is 38.9 Å². The maximum atomic E-state index is 13.7. The molecular formula is C14H14F2N2. The zero-order valence-corrected chi connectivity index (χ0v) is 10.0. The van der Waals surface area contributed by atoms with E-state index in [1.54, 1.807) is 18.5 Å². The number of nitrogens with zero attached hydrogens (tertiary/aromatic N) is 1. The summed E-state index contributed by atoms with van der Waals surface area (Å²) in [5, 5.41) is 0. The van der Waals surface area contributed by atoms with Gasteiger partial charge in [-0.05, 0) is 41.8 Å². The first-order valence-corrected chi connectivity index (χ1v) is 5.76. The lowest BCUT2D eigenvalue weighted by atomic mass is 9.95. The number of pyridine rings is 1. The van der Waals surface area contributed by atoms with Gasteiger partial charge in [0, 0.05) is 18.0 Å². The molecule has 0 saturated carbocycles. The van der Waals surface area contributed by atoms with Gasteiger partial charge in [-0.2, -0.15) is 0 Å². The Kier molecular flexibility index (Phi) is 3.67. The molecule has 0 spiro atoms. The van der Waals surface area contributed by atoms with Crippen molar-refractivity contribution in [3.8, 4) is 0 Å². The van der Waals surface area contributed by atoms with Crippen molar-refractivity contribution in [2.45, 2.75) is 19.4 Å². The van der Waals surface area contributed by atoms with Crippen LogP contribution in [0.1, 0.15) is 29.7 Å². The van der Waals surface area contributed by atoms with Crippen molar-refractivity contribution in [3.05, 3.63) is 65.0 Å². The molecule has 1 heterocycles. The lowest BCUT2D eigenvalue weighted by Gasteiger charge is -2.16. The molecule has 0 bridgehead atoms. The Morgan fingerprint density at radius 1 is 1.22 bits per heavy atom. The highest BCUT2D eigenvalue weighted by molar-refractivity contribution is 5.36. The lowest BCUT2D eigenvalue weighted by Crippen LogP contribution is -2.16. The summed E-state index contributed by atoms with van der Waals surface area (Å²) in [5.41, 5.74) is 7.90. The molecule has 0 amide bonds. The SMILES string of the molecule is CCc1cnccc1C(N)c1cc(F)ccc1F. The number of hydrogen-bond donors (Lipinski definition) is 1. The van der Waals surface area contributed by atoms with Crippen molar-refractivity contribution in [1.29, 1.82) is 0 Å². The average Bonchev–Trinajstić information content (AvgIpc) is 2.40. The highest BCUT2D eigenvalue weighted by Gasteiger charge is 2.16. The number of aryl methyl sites for hydroxylation is 1. The predicted octanol–water partition coefficient (Wildman–Crippen LogP) is 2.97. The molecule has 1 aromatic heterocycles. The molecule has 0 aliphatic rings. The summed E-state index contributed by atoms with van der Waals surface area (Å²) in [6, 6.07) is 4.38. The van der Waals surface area contributed by atoms with Crippen LogP contribution in [0.2, 0.25) is 0 Å². The number of hydrogen-bond acceptors (Lipinski definition) is 2. The maximum Gasteiger partial charge on any atom is 0.128 e. The van der Waals surface area contributed by atoms with Gasteiger partial charge in [0.05, 0.1) is 6.04 Å². The minimum atomic E-state index is -0.682. The molecule has 4 heteroatoms. The lowest BCUT2D eigenvalue weighted by molar-refractivity contribution is 0.576. The fourth-order valence-corrected chi connectivity index (χ4v) is 1.96. The van der Waals surface area contributed by atoms with E-state index in [2.05, 4.69) is 4.98 Å². The molecule has 2 nitrogen and oxygen atoms in total. The van der Waals surface area contributed by atoms with Crippen molar-refractivity contribution in [2.75, 3.05) is 0 Å². The molecule has 1 aromatic carbocycles. The number of aromatic nitrogens is 1. The quantitative estimate of drug-likeness (QED) is 0.907. The smallest absolute Gasteiger partial charge is 0.128 e. The zero-order valence-electron chi connectivity index (χ0n) is 10.0. The van der Waals surface area contributed by atoms with Gasteiger partial charge in [0.25, 0.3) is 0 Å². The summed E-state index contributed by atoms with van der Waals surface area (Å²) in [5.74, 6) is -0.989. The predicted molar refractivity (Wildman–Crippen MR) is 66.0 cm³/mol. The van der Waals surface area contributed by atoms with E-state index in [1.807, 2.05) is 6.92 Å². The van der Waals surface area contributed by atoms with Crippen molar-refractivity contribution in [1.82, 2.24) is 4.98 Å². The van der Waals surface area contributed by atoms with Crippen LogP contribution < -0.4 is 5.73 Å². The average molecular weight is 248 g/mol. The van der Waals surface area contributed by atoms with Gasteiger partial charge >= 0.3 is 0 Å². The largest absolute Gasteiger partial charge is 0.320 e. The molecular weight excluding hydrogens is 234 g/mol. The Bertz CT molecular complexity index is 555. The Hall–Kier alpha value is -1.81. The third kappa shape index (κ3) is 2.38. The van der Waals surface area contributed by atoms with Gasteiger partial charge in [-0.25, -0.2) is 8.78 Å². The molecule has 2 aromatic rings. The molecule has 1 atom stereocenters. The van der Waals surface area contributed by atoms with Crippen LogP contribution in [0.15, 0.2) is 36.7 Å². The van der Waals surface area contributed by atoms with E-state index >= 15 is 0 Å². The molecule has 0 aliphatic heterocycles. The van der Waals surface area contributed by atoms with Gasteiger partial charge < -0.3 is 5.73 Å². The van der Waals surface area contributed by atoms with Gasteiger partial charge in [-0.3, -0.25) is 4.98 Å². The summed E-state index contributed by atoms with van der Waals surface area (Å²) in [6.45, 7) is 1.97. The second-order valence-corrected chi connectivity index (χ2v) is 4.07. The number of benzene rings is 1. The van der Waals surface area contributed by atoms with E-state index in [-0.39, 0.29) is 5.56 Å². The number of rotatable bonds is 3. The van der Waals surface area contributed by atoms with Crippen LogP contribution in [0.5, 0.6) is 0 Å². The molecule has 0 aliphatic carbocycles. The molecule has 0 fully saturated rings. The Balaban J connectivity index is 2.47. The Labute approximate surface area is 104 Å². The maximum absolute atomic E-state index is 13.7. The molecule has 0 radical (unpaired) electrons. The fourth-order valence-electron chi connectivity index (χ4n) is 1.96.